The van der Waals surface area contributed by atoms with Crippen molar-refractivity contribution in [3.8, 4) is 5.75 Å². The highest BCUT2D eigenvalue weighted by Crippen LogP contribution is 2.17. The number of aliphatic imine (C=N–C) groups is 2. The molecule has 0 fully saturated rings. The number of guanidine groups is 2. The topological polar surface area (TPSA) is 656 Å². The molecule has 38 nitrogen and oxygen atoms in total. The molecular weight excluding hydrogens is 1380 g/mol. The molecular formula is C65H107N21O17S. The van der Waals surface area contributed by atoms with Crippen molar-refractivity contribution in [3.05, 3.63) is 48.0 Å². The quantitative estimate of drug-likeness (QED) is 0.0169. The van der Waals surface area contributed by atoms with Crippen LogP contribution in [-0.2, 0) is 80.0 Å². The number of aromatic amines is 1. The molecule has 0 unspecified atom stereocenters. The lowest BCUT2D eigenvalue weighted by atomic mass is 9.99. The number of nitrogens with two attached hydrogens (primary N) is 7. The number of aromatic nitrogens is 2. The van der Waals surface area contributed by atoms with Gasteiger partial charge in [0.05, 0.1) is 12.4 Å². The Morgan fingerprint density at radius 2 is 0.798 bits per heavy atom. The first-order valence-corrected chi connectivity index (χ1v) is 35.4. The number of carbonyl (C=O) groups is 14. The number of phenols is 1. The van der Waals surface area contributed by atoms with E-state index in [1.807, 2.05) is 0 Å². The maximum absolute atomic E-state index is 14.8. The van der Waals surface area contributed by atoms with Gasteiger partial charge in [-0.15, -0.1) is 0 Å². The fourth-order valence-corrected chi connectivity index (χ4v) is 10.8. The molecule has 2 aromatic rings. The van der Waals surface area contributed by atoms with E-state index in [4.69, 9.17) is 40.1 Å². The minimum Gasteiger partial charge on any atom is -0.508 e. The average molecular weight is 1490 g/mol. The molecule has 0 bridgehead atoms. The Labute approximate surface area is 607 Å². The smallest absolute Gasteiger partial charge is 0.326 e. The highest BCUT2D eigenvalue weighted by atomic mass is 32.2. The summed E-state index contributed by atoms with van der Waals surface area (Å²) in [4.78, 5) is 206. The number of nitrogens with one attached hydrogen (secondary N) is 11. The minimum atomic E-state index is -1.75. The number of carboxylic acids is 2. The molecule has 1 aromatic heterocycles. The predicted octanol–water partition coefficient (Wildman–Crippen LogP) is -4.45. The lowest BCUT2D eigenvalue weighted by Crippen LogP contribution is -2.61. The van der Waals surface area contributed by atoms with Crippen LogP contribution in [0.15, 0.2) is 46.8 Å². The number of nitrogens with zero attached hydrogens (tertiary/aromatic N) is 3. The maximum atomic E-state index is 14.8. The van der Waals surface area contributed by atoms with Gasteiger partial charge >= 0.3 is 11.9 Å². The molecule has 104 heavy (non-hydrogen) atoms. The second-order valence-electron chi connectivity index (χ2n) is 26.2. The molecule has 0 spiro atoms. The summed E-state index contributed by atoms with van der Waals surface area (Å²) in [6, 6.07) is -11.1. The number of amides is 12. The van der Waals surface area contributed by atoms with Crippen molar-refractivity contribution in [1.82, 2.24) is 63.1 Å². The van der Waals surface area contributed by atoms with Gasteiger partial charge in [-0.3, -0.25) is 72.3 Å². The predicted molar refractivity (Wildman–Crippen MR) is 384 cm³/mol. The van der Waals surface area contributed by atoms with Crippen LogP contribution in [0, 0.1) is 17.8 Å². The van der Waals surface area contributed by atoms with Gasteiger partial charge in [-0.25, -0.2) is 9.78 Å². The second-order valence-corrected chi connectivity index (χ2v) is 27.2. The number of phenolic OH excluding ortho intramolecular Hbond substituents is 1. The summed E-state index contributed by atoms with van der Waals surface area (Å²) < 4.78 is 0. The summed E-state index contributed by atoms with van der Waals surface area (Å²) in [5.41, 5.74) is 39.6. The maximum Gasteiger partial charge on any atom is 0.326 e. The summed E-state index contributed by atoms with van der Waals surface area (Å²) in [6.45, 7) is 10.3. The van der Waals surface area contributed by atoms with Crippen LogP contribution < -0.4 is 93.3 Å². The van der Waals surface area contributed by atoms with Crippen molar-refractivity contribution in [2.24, 2.45) is 67.9 Å². The van der Waals surface area contributed by atoms with Gasteiger partial charge in [-0.2, -0.15) is 11.8 Å². The van der Waals surface area contributed by atoms with Gasteiger partial charge in [-0.05, 0) is 118 Å². The SMILES string of the molecule is CSCC[C@H](NC(=O)[C@H](CCCN=C(N)N)NC(=O)[C@@H](N)CCC(N)=O)C(=O)N[C@@H](Cc1cnc[nH]1)C(=O)N[C@@H](CC(C)C)C(=O)N[C@@H](CCCN=C(N)N)C(=O)N[C@@H](CCC(N)=O)C(=O)N[C@@H](Cc1ccc(O)cc1)C(=O)N[C@@H](CCC(=O)O)C(=O)N[C@H](CC(C)C)C(=O)N[C@@H](CC(C)C)C(=O)O. The average Bonchev–Trinajstić information content (AvgIpc) is 0.938. The number of H-pyrrole nitrogens is 1. The molecule has 39 heteroatoms. The number of aromatic hydroxyl groups is 1. The van der Waals surface area contributed by atoms with Crippen molar-refractivity contribution in [2.75, 3.05) is 25.1 Å². The Morgan fingerprint density at radius 3 is 1.18 bits per heavy atom. The molecule has 0 saturated carbocycles. The summed E-state index contributed by atoms with van der Waals surface area (Å²) >= 11 is 1.33. The Balaban J connectivity index is 2.67. The first kappa shape index (κ1) is 89.7. The molecule has 580 valence electrons. The normalized spacial score (nSPS) is 14.3. The molecule has 0 aliphatic rings. The van der Waals surface area contributed by atoms with E-state index in [1.54, 1.807) is 47.8 Å². The number of hydrogen-bond donors (Lipinski definition) is 21. The van der Waals surface area contributed by atoms with Gasteiger partial charge in [0.15, 0.2) is 11.9 Å². The van der Waals surface area contributed by atoms with Crippen LogP contribution in [0.4, 0.5) is 0 Å². The van der Waals surface area contributed by atoms with Crippen molar-refractivity contribution in [3.63, 3.8) is 0 Å². The fourth-order valence-electron chi connectivity index (χ4n) is 10.3. The van der Waals surface area contributed by atoms with Crippen LogP contribution in [0.5, 0.6) is 5.75 Å². The van der Waals surface area contributed by atoms with Gasteiger partial charge in [0.2, 0.25) is 70.9 Å². The number of hydrogen-bond acceptors (Lipinski definition) is 20. The summed E-state index contributed by atoms with van der Waals surface area (Å²) in [6.07, 6.45) is 0.818. The first-order valence-electron chi connectivity index (χ1n) is 34.0. The second kappa shape index (κ2) is 47.0. The number of imidazole rings is 1. The van der Waals surface area contributed by atoms with E-state index >= 15 is 0 Å². The number of benzene rings is 1. The lowest BCUT2D eigenvalue weighted by Gasteiger charge is -2.29. The monoisotopic (exact) mass is 1490 g/mol. The Hall–Kier alpha value is -10.3. The molecule has 28 N–H and O–H groups in total. The zero-order chi connectivity index (χ0) is 78.3. The van der Waals surface area contributed by atoms with Crippen LogP contribution in [0.3, 0.4) is 0 Å². The number of aliphatic carboxylic acids is 2. The number of carboxylic acid groups (broad SMARTS) is 2. The number of carbonyl (C=O) groups excluding carboxylic acids is 12. The number of primary amides is 2. The van der Waals surface area contributed by atoms with E-state index in [0.717, 1.165) is 0 Å². The Bertz CT molecular complexity index is 3240. The lowest BCUT2D eigenvalue weighted by molar-refractivity contribution is -0.143. The van der Waals surface area contributed by atoms with Gasteiger partial charge in [0.25, 0.3) is 0 Å². The zero-order valence-electron chi connectivity index (χ0n) is 59.8. The van der Waals surface area contributed by atoms with Crippen molar-refractivity contribution in [1.29, 1.82) is 0 Å². The molecule has 11 atom stereocenters. The third-order valence-corrected chi connectivity index (χ3v) is 16.3. The van der Waals surface area contributed by atoms with Gasteiger partial charge < -0.3 is 114 Å². The molecule has 1 heterocycles. The number of thioether (sulfide) groups is 1. The summed E-state index contributed by atoms with van der Waals surface area (Å²) in [5.74, 6) is -15.2. The molecule has 0 aliphatic carbocycles. The van der Waals surface area contributed by atoms with E-state index in [0.29, 0.717) is 17.0 Å². The third kappa shape index (κ3) is 36.5. The van der Waals surface area contributed by atoms with Crippen molar-refractivity contribution < 1.29 is 82.4 Å². The zero-order valence-corrected chi connectivity index (χ0v) is 60.6. The Morgan fingerprint density at radius 1 is 0.452 bits per heavy atom. The summed E-state index contributed by atoms with van der Waals surface area (Å²) in [7, 11) is 0. The highest BCUT2D eigenvalue weighted by molar-refractivity contribution is 7.98. The first-order chi connectivity index (χ1) is 48.9. The standard InChI is InChI=1S/C65H107N21O17S/c1-33(2)26-45(83-62(101)48(30-37-31-73-32-76-37)85-58(97)44(22-25-104-7)81-54(93)40(10-8-23-74-64(69)70)77-53(92)39(66)16-19-50(67)88)59(98)78-41(11-9-24-75-65(71)72)55(94)79-42(17-20-51(68)89)56(95)84-47(29-36-12-14-38(87)15-13-36)61(100)80-43(18-21-52(90)91)57(96)82-46(27-34(3)4)60(99)86-49(63(102)103)28-35(5)6/h12-15,31-35,39-49,87H,8-11,16-30,66H2,1-7H3,(H2,67,88)(H2,68,89)(H,73,76)(H,77,92)(H,78,98)(H,79,94)(H,80,100)(H,81,93)(H,82,96)(H,83,101)(H,84,95)(H,85,97)(H,86,99)(H,90,91)(H,102,103)(H4,69,70,74)(H4,71,72,75)/t39-,40-,41-,42-,43-,44-,45-,46+,47-,48-,49-/m0/s1. The van der Waals surface area contributed by atoms with Crippen molar-refractivity contribution in [2.45, 2.75) is 211 Å². The number of rotatable bonds is 51. The van der Waals surface area contributed by atoms with Gasteiger partial charge in [-0.1, -0.05) is 53.7 Å². The molecule has 1 aromatic carbocycles. The molecule has 0 aliphatic heterocycles. The van der Waals surface area contributed by atoms with Crippen LogP contribution >= 0.6 is 11.8 Å². The largest absolute Gasteiger partial charge is 0.508 e. The highest BCUT2D eigenvalue weighted by Gasteiger charge is 2.37. The third-order valence-electron chi connectivity index (χ3n) is 15.7. The Kier molecular flexibility index (Phi) is 40.6. The molecule has 2 rings (SSSR count). The molecule has 12 amide bonds. The molecule has 0 radical (unpaired) electrons. The van der Waals surface area contributed by atoms with Gasteiger partial charge in [0.1, 0.15) is 66.2 Å². The van der Waals surface area contributed by atoms with E-state index in [2.05, 4.69) is 73.1 Å². The van der Waals surface area contributed by atoms with E-state index in [-0.39, 0.29) is 119 Å². The van der Waals surface area contributed by atoms with E-state index in [9.17, 15) is 82.4 Å². The molecule has 0 saturated heterocycles. The van der Waals surface area contributed by atoms with Crippen LogP contribution in [0.2, 0.25) is 0 Å². The van der Waals surface area contributed by atoms with Crippen molar-refractivity contribution >= 4 is 107 Å². The van der Waals surface area contributed by atoms with Gasteiger partial charge in [0, 0.05) is 57.1 Å². The van der Waals surface area contributed by atoms with E-state index in [1.165, 1.54) is 48.6 Å². The van der Waals surface area contributed by atoms with Crippen LogP contribution in [-0.4, -0.2) is 212 Å². The van der Waals surface area contributed by atoms with E-state index < -0.39 is 181 Å². The minimum absolute atomic E-state index is 0.00507. The van der Waals surface area contributed by atoms with Crippen LogP contribution in [0.1, 0.15) is 143 Å². The summed E-state index contributed by atoms with van der Waals surface area (Å²) in [5, 5.41) is 55.4. The van der Waals surface area contributed by atoms with Crippen LogP contribution in [0.25, 0.3) is 0 Å². The fraction of sp³-hybridized carbons (Fsp3) is 0.615.